The smallest absolute Gasteiger partial charge is 0.356 e. The van der Waals surface area contributed by atoms with Gasteiger partial charge in [0.25, 0.3) is 0 Å². The topological polar surface area (TPSA) is 99.4 Å². The van der Waals surface area contributed by atoms with Gasteiger partial charge in [0.15, 0.2) is 34.6 Å². The van der Waals surface area contributed by atoms with Gasteiger partial charge in [0.2, 0.25) is 0 Å². The van der Waals surface area contributed by atoms with Crippen LogP contribution in [0.4, 0.5) is 8.78 Å². The number of nitrogens with zero attached hydrogens (tertiary/aromatic N) is 4. The zero-order valence-electron chi connectivity index (χ0n) is 19.3. The Morgan fingerprint density at radius 3 is 2.56 bits per heavy atom. The molecule has 1 N–H and O–H groups in total. The number of hydrogen-bond acceptors (Lipinski definition) is 6. The van der Waals surface area contributed by atoms with Crippen molar-refractivity contribution >= 4 is 29.2 Å². The molecule has 36 heavy (non-hydrogen) atoms. The Labute approximate surface area is 204 Å². The Morgan fingerprint density at radius 1 is 1.08 bits per heavy atom. The van der Waals surface area contributed by atoms with Crippen molar-refractivity contribution in [3.05, 3.63) is 71.2 Å². The number of methoxy groups -OCH3 is 1. The number of benzene rings is 2. The molecule has 0 aliphatic heterocycles. The molecule has 2 aromatic heterocycles. The number of fused-ring (bicyclic) bond motifs is 1. The minimum absolute atomic E-state index is 0.104. The molecular formula is C26H22F2N4O4. The molecule has 1 fully saturated rings. The second-order valence-electron chi connectivity index (χ2n) is 8.38. The molecule has 8 nitrogen and oxygen atoms in total. The molecule has 0 amide bonds. The van der Waals surface area contributed by atoms with Crippen LogP contribution in [0, 0.1) is 11.6 Å². The number of carboxylic acid groups (broad SMARTS) is 1. The number of para-hydroxylation sites is 1. The van der Waals surface area contributed by atoms with Crippen LogP contribution in [0.25, 0.3) is 29.0 Å². The van der Waals surface area contributed by atoms with E-state index in [9.17, 15) is 13.6 Å². The minimum Gasteiger partial charge on any atom is -0.493 e. The van der Waals surface area contributed by atoms with Crippen LogP contribution in [0.5, 0.6) is 11.5 Å². The number of ether oxygens (including phenoxy) is 2. The molecule has 184 valence electrons. The molecule has 0 saturated heterocycles. The molecule has 1 saturated carbocycles. The predicted octanol–water partition coefficient (Wildman–Crippen LogP) is 5.29. The molecule has 2 heterocycles. The lowest BCUT2D eigenvalue weighted by Gasteiger charge is -2.18. The van der Waals surface area contributed by atoms with Crippen molar-refractivity contribution in [2.45, 2.75) is 31.8 Å². The summed E-state index contributed by atoms with van der Waals surface area (Å²) < 4.78 is 41.3. The second kappa shape index (κ2) is 9.73. The molecule has 1 aliphatic rings. The van der Waals surface area contributed by atoms with Gasteiger partial charge in [-0.3, -0.25) is 4.57 Å². The second-order valence-corrected chi connectivity index (χ2v) is 8.38. The van der Waals surface area contributed by atoms with Gasteiger partial charge in [-0.25, -0.2) is 18.6 Å². The number of hydrogen-bond donors (Lipinski definition) is 1. The monoisotopic (exact) mass is 492 g/mol. The molecule has 10 heteroatoms. The largest absolute Gasteiger partial charge is 0.493 e. The van der Waals surface area contributed by atoms with Gasteiger partial charge in [0, 0.05) is 17.7 Å². The van der Waals surface area contributed by atoms with Gasteiger partial charge < -0.3 is 14.6 Å². The third kappa shape index (κ3) is 4.49. The number of aromatic carboxylic acids is 1. The highest BCUT2D eigenvalue weighted by Gasteiger charge is 2.21. The van der Waals surface area contributed by atoms with Crippen LogP contribution in [0.15, 0.2) is 42.5 Å². The van der Waals surface area contributed by atoms with E-state index < -0.39 is 17.6 Å². The summed E-state index contributed by atoms with van der Waals surface area (Å²) in [6.07, 6.45) is 7.72. The average Bonchev–Trinajstić information content (AvgIpc) is 3.51. The molecule has 5 rings (SSSR count). The molecule has 0 bridgehead atoms. The Balaban J connectivity index is 1.61. The van der Waals surface area contributed by atoms with Crippen LogP contribution >= 0.6 is 0 Å². The molecule has 1 aliphatic carbocycles. The van der Waals surface area contributed by atoms with Gasteiger partial charge in [-0.15, -0.1) is 10.2 Å². The van der Waals surface area contributed by atoms with E-state index >= 15 is 0 Å². The number of halogens is 2. The Morgan fingerprint density at radius 2 is 1.86 bits per heavy atom. The van der Waals surface area contributed by atoms with Gasteiger partial charge in [-0.1, -0.05) is 12.1 Å². The zero-order valence-corrected chi connectivity index (χ0v) is 19.3. The highest BCUT2D eigenvalue weighted by Crippen LogP contribution is 2.36. The number of aromatic nitrogens is 4. The fraction of sp³-hybridized carbons (Fsp3) is 0.231. The normalized spacial score (nSPS) is 14.1. The zero-order chi connectivity index (χ0) is 25.2. The fourth-order valence-electron chi connectivity index (χ4n) is 4.29. The summed E-state index contributed by atoms with van der Waals surface area (Å²) >= 11 is 0. The van der Waals surface area contributed by atoms with Crippen LogP contribution in [0.1, 0.15) is 47.6 Å². The lowest BCUT2D eigenvalue weighted by Crippen LogP contribution is -2.12. The summed E-state index contributed by atoms with van der Waals surface area (Å²) in [6.45, 7) is 0. The van der Waals surface area contributed by atoms with Crippen molar-refractivity contribution in [2.24, 2.45) is 0 Å². The molecule has 0 spiro atoms. The summed E-state index contributed by atoms with van der Waals surface area (Å²) in [5, 5.41) is 16.8. The molecular weight excluding hydrogens is 470 g/mol. The van der Waals surface area contributed by atoms with Gasteiger partial charge in [-0.05, 0) is 56.0 Å². The van der Waals surface area contributed by atoms with Crippen LogP contribution in [-0.4, -0.2) is 44.0 Å². The fourth-order valence-corrected chi connectivity index (χ4v) is 4.29. The van der Waals surface area contributed by atoms with Gasteiger partial charge in [0.05, 0.1) is 24.2 Å². The lowest BCUT2D eigenvalue weighted by molar-refractivity contribution is 0.0689. The lowest BCUT2D eigenvalue weighted by atomic mass is 10.1. The van der Waals surface area contributed by atoms with Crippen molar-refractivity contribution < 1.29 is 28.2 Å². The van der Waals surface area contributed by atoms with E-state index in [0.29, 0.717) is 17.3 Å². The number of carbonyl (C=O) groups is 1. The van der Waals surface area contributed by atoms with E-state index in [2.05, 4.69) is 15.2 Å². The van der Waals surface area contributed by atoms with E-state index in [1.807, 2.05) is 18.2 Å². The summed E-state index contributed by atoms with van der Waals surface area (Å²) in [7, 11) is 1.58. The summed E-state index contributed by atoms with van der Waals surface area (Å²) in [5.41, 5.74) is 0.942. The van der Waals surface area contributed by atoms with E-state index in [0.717, 1.165) is 43.4 Å². The maximum Gasteiger partial charge on any atom is 0.356 e. The SMILES string of the molecule is COc1cccc(/C=C/c2nc3cc(F)c(F)cc3n2-c2ccc(C(=O)O)nn2)c1OC1CCCC1. The first-order chi connectivity index (χ1) is 17.4. The third-order valence-corrected chi connectivity index (χ3v) is 6.05. The van der Waals surface area contributed by atoms with Crippen LogP contribution in [0.3, 0.4) is 0 Å². The number of carboxylic acids is 1. The third-order valence-electron chi connectivity index (χ3n) is 6.05. The van der Waals surface area contributed by atoms with Crippen molar-refractivity contribution in [2.75, 3.05) is 7.11 Å². The van der Waals surface area contributed by atoms with Crippen LogP contribution in [-0.2, 0) is 0 Å². The van der Waals surface area contributed by atoms with Gasteiger partial charge in [0.1, 0.15) is 5.82 Å². The minimum atomic E-state index is -1.23. The average molecular weight is 492 g/mol. The highest BCUT2D eigenvalue weighted by atomic mass is 19.2. The molecule has 0 radical (unpaired) electrons. The van der Waals surface area contributed by atoms with Gasteiger partial charge >= 0.3 is 5.97 Å². The van der Waals surface area contributed by atoms with Gasteiger partial charge in [-0.2, -0.15) is 0 Å². The first-order valence-electron chi connectivity index (χ1n) is 11.4. The Kier molecular flexibility index (Phi) is 6.32. The maximum absolute atomic E-state index is 14.1. The maximum atomic E-state index is 14.1. The first-order valence-corrected chi connectivity index (χ1v) is 11.4. The van der Waals surface area contributed by atoms with E-state index in [4.69, 9.17) is 14.6 Å². The molecule has 4 aromatic rings. The van der Waals surface area contributed by atoms with Crippen molar-refractivity contribution in [3.63, 3.8) is 0 Å². The predicted molar refractivity (Wildman–Crippen MR) is 128 cm³/mol. The summed E-state index contributed by atoms with van der Waals surface area (Å²) in [5.74, 6) is -1.61. The van der Waals surface area contributed by atoms with E-state index in [-0.39, 0.29) is 28.6 Å². The number of rotatable bonds is 7. The quantitative estimate of drug-likeness (QED) is 0.374. The molecule has 0 atom stereocenters. The highest BCUT2D eigenvalue weighted by molar-refractivity contribution is 5.85. The molecule has 2 aromatic carbocycles. The van der Waals surface area contributed by atoms with Crippen LogP contribution < -0.4 is 9.47 Å². The standard InChI is InChI=1S/C26H22F2N4O4/c1-35-22-8-4-5-15(25(22)36-16-6-2-3-7-16)9-11-23-29-20-13-17(27)18(28)14-21(20)32(23)24-12-10-19(26(33)34)30-31-24/h4-5,8-14,16H,2-3,6-7H2,1H3,(H,33,34)/b11-9+. The Hall–Kier alpha value is -4.34. The van der Waals surface area contributed by atoms with E-state index in [1.165, 1.54) is 16.7 Å². The van der Waals surface area contributed by atoms with Crippen molar-refractivity contribution in [3.8, 4) is 17.3 Å². The number of imidazole rings is 1. The van der Waals surface area contributed by atoms with Crippen molar-refractivity contribution in [1.29, 1.82) is 0 Å². The van der Waals surface area contributed by atoms with Crippen LogP contribution in [0.2, 0.25) is 0 Å². The molecule has 0 unspecified atom stereocenters. The van der Waals surface area contributed by atoms with Crippen molar-refractivity contribution in [1.82, 2.24) is 19.7 Å². The summed E-state index contributed by atoms with van der Waals surface area (Å²) in [6, 6.07) is 10.2. The first kappa shape index (κ1) is 23.4. The Bertz CT molecular complexity index is 1460. The summed E-state index contributed by atoms with van der Waals surface area (Å²) in [4.78, 5) is 15.6. The van der Waals surface area contributed by atoms with E-state index in [1.54, 1.807) is 19.3 Å².